The van der Waals surface area contributed by atoms with Crippen LogP contribution in [0.25, 0.3) is 0 Å². The largest absolute Gasteiger partial charge is 0.353 e. The number of nitrogens with zero attached hydrogens (tertiary/aromatic N) is 4. The zero-order valence-corrected chi connectivity index (χ0v) is 14.7. The Morgan fingerprint density at radius 1 is 1.22 bits per heavy atom. The predicted molar refractivity (Wildman–Crippen MR) is 89.6 cm³/mol. The van der Waals surface area contributed by atoms with Gasteiger partial charge in [-0.15, -0.1) is 5.10 Å². The molecule has 0 bridgehead atoms. The number of amides is 1. The van der Waals surface area contributed by atoms with Crippen LogP contribution in [0.15, 0.2) is 6.33 Å². The summed E-state index contributed by atoms with van der Waals surface area (Å²) in [7, 11) is 0. The maximum atomic E-state index is 12.4. The van der Waals surface area contributed by atoms with E-state index >= 15 is 0 Å². The fourth-order valence-corrected chi connectivity index (χ4v) is 3.40. The van der Waals surface area contributed by atoms with Crippen LogP contribution in [0, 0.1) is 17.8 Å². The van der Waals surface area contributed by atoms with Gasteiger partial charge in [0, 0.05) is 18.5 Å². The zero-order chi connectivity index (χ0) is 16.7. The third kappa shape index (κ3) is 6.28. The van der Waals surface area contributed by atoms with Crippen molar-refractivity contribution in [2.24, 2.45) is 17.8 Å². The Morgan fingerprint density at radius 3 is 2.57 bits per heavy atom. The Morgan fingerprint density at radius 2 is 1.96 bits per heavy atom. The Kier molecular flexibility index (Phi) is 6.99. The lowest BCUT2D eigenvalue weighted by Gasteiger charge is -2.28. The number of aromatic nitrogens is 4. The fraction of sp³-hybridized carbons (Fsp3) is 0.882. The molecule has 1 aromatic heterocycles. The van der Waals surface area contributed by atoms with Crippen LogP contribution in [0.1, 0.15) is 65.7 Å². The number of carbonyl (C=O) groups is 1. The monoisotopic (exact) mass is 321 g/mol. The summed E-state index contributed by atoms with van der Waals surface area (Å²) in [6.45, 7) is 7.49. The molecule has 6 heteroatoms. The van der Waals surface area contributed by atoms with Crippen molar-refractivity contribution in [1.29, 1.82) is 0 Å². The first-order valence-corrected chi connectivity index (χ1v) is 9.05. The van der Waals surface area contributed by atoms with Gasteiger partial charge in [0.2, 0.25) is 5.91 Å². The smallest absolute Gasteiger partial charge is 0.223 e. The first kappa shape index (κ1) is 17.9. The number of rotatable bonds is 8. The number of carbonyl (C=O) groups excluding carboxylic acids is 1. The van der Waals surface area contributed by atoms with Crippen molar-refractivity contribution >= 4 is 5.91 Å². The van der Waals surface area contributed by atoms with Crippen LogP contribution in [0.5, 0.6) is 0 Å². The Balaban J connectivity index is 1.65. The lowest BCUT2D eigenvalue weighted by Crippen LogP contribution is -2.39. The summed E-state index contributed by atoms with van der Waals surface area (Å²) in [5.41, 5.74) is 0. The number of nitrogens with one attached hydrogen (secondary N) is 1. The summed E-state index contributed by atoms with van der Waals surface area (Å²) in [4.78, 5) is 12.4. The van der Waals surface area contributed by atoms with Gasteiger partial charge in [0.15, 0.2) is 0 Å². The van der Waals surface area contributed by atoms with Gasteiger partial charge in [-0.05, 0) is 61.3 Å². The minimum Gasteiger partial charge on any atom is -0.353 e. The second-order valence-corrected chi connectivity index (χ2v) is 7.48. The molecule has 6 nitrogen and oxygen atoms in total. The third-order valence-electron chi connectivity index (χ3n) is 4.86. The number of tetrazole rings is 1. The Hall–Kier alpha value is -1.46. The first-order valence-electron chi connectivity index (χ1n) is 9.05. The van der Waals surface area contributed by atoms with Crippen LogP contribution in [-0.2, 0) is 11.3 Å². The maximum Gasteiger partial charge on any atom is 0.223 e. The molecule has 1 aliphatic rings. The van der Waals surface area contributed by atoms with E-state index in [9.17, 15) is 4.79 Å². The van der Waals surface area contributed by atoms with E-state index in [1.807, 2.05) is 0 Å². The quantitative estimate of drug-likeness (QED) is 0.799. The van der Waals surface area contributed by atoms with Crippen molar-refractivity contribution in [3.05, 3.63) is 6.33 Å². The zero-order valence-electron chi connectivity index (χ0n) is 14.7. The summed E-state index contributed by atoms with van der Waals surface area (Å²) < 4.78 is 1.79. The average Bonchev–Trinajstić information content (AvgIpc) is 3.00. The van der Waals surface area contributed by atoms with Gasteiger partial charge in [-0.2, -0.15) is 0 Å². The molecule has 130 valence electrons. The Bertz CT molecular complexity index is 452. The van der Waals surface area contributed by atoms with E-state index < -0.39 is 0 Å². The molecule has 0 unspecified atom stereocenters. The molecule has 23 heavy (non-hydrogen) atoms. The molecule has 0 saturated heterocycles. The molecule has 0 aliphatic heterocycles. The van der Waals surface area contributed by atoms with Crippen LogP contribution >= 0.6 is 0 Å². The highest BCUT2D eigenvalue weighted by molar-refractivity contribution is 5.78. The van der Waals surface area contributed by atoms with Gasteiger partial charge in [0.05, 0.1) is 0 Å². The summed E-state index contributed by atoms with van der Waals surface area (Å²) in [5.74, 6) is 1.77. The fourth-order valence-electron chi connectivity index (χ4n) is 3.40. The maximum absolute atomic E-state index is 12.4. The van der Waals surface area contributed by atoms with E-state index in [1.165, 1.54) is 12.8 Å². The van der Waals surface area contributed by atoms with E-state index in [0.29, 0.717) is 12.0 Å². The summed E-state index contributed by atoms with van der Waals surface area (Å²) in [5, 5.41) is 14.5. The van der Waals surface area contributed by atoms with Gasteiger partial charge < -0.3 is 5.32 Å². The molecular formula is C17H31N5O. The van der Waals surface area contributed by atoms with Gasteiger partial charge >= 0.3 is 0 Å². The molecule has 1 saturated carbocycles. The Labute approximate surface area is 139 Å². The average molecular weight is 321 g/mol. The molecule has 0 radical (unpaired) electrons. The van der Waals surface area contributed by atoms with E-state index in [-0.39, 0.29) is 11.8 Å². The number of hydrogen-bond donors (Lipinski definition) is 1. The van der Waals surface area contributed by atoms with Gasteiger partial charge in [-0.3, -0.25) is 4.79 Å². The van der Waals surface area contributed by atoms with Crippen LogP contribution in [0.4, 0.5) is 0 Å². The van der Waals surface area contributed by atoms with Crippen molar-refractivity contribution in [2.75, 3.05) is 0 Å². The molecule has 1 aromatic rings. The van der Waals surface area contributed by atoms with Crippen molar-refractivity contribution in [3.63, 3.8) is 0 Å². The molecule has 0 spiro atoms. The molecule has 2 rings (SSSR count). The van der Waals surface area contributed by atoms with E-state index in [4.69, 9.17) is 0 Å². The highest BCUT2D eigenvalue weighted by Crippen LogP contribution is 2.30. The van der Waals surface area contributed by atoms with E-state index in [0.717, 1.165) is 44.6 Å². The van der Waals surface area contributed by atoms with Gasteiger partial charge in [-0.25, -0.2) is 4.68 Å². The molecule has 1 heterocycles. The second kappa shape index (κ2) is 8.99. The second-order valence-electron chi connectivity index (χ2n) is 7.48. The topological polar surface area (TPSA) is 72.7 Å². The molecule has 0 aromatic carbocycles. The summed E-state index contributed by atoms with van der Waals surface area (Å²) >= 11 is 0. The van der Waals surface area contributed by atoms with Crippen molar-refractivity contribution in [3.8, 4) is 0 Å². The minimum atomic E-state index is 0.188. The molecule has 1 aliphatic carbocycles. The van der Waals surface area contributed by atoms with Crippen LogP contribution in [-0.4, -0.2) is 32.2 Å². The predicted octanol–water partition coefficient (Wildman–Crippen LogP) is 2.81. The summed E-state index contributed by atoms with van der Waals surface area (Å²) in [6.07, 6.45) is 9.31. The highest BCUT2D eigenvalue weighted by Gasteiger charge is 2.27. The van der Waals surface area contributed by atoms with Gasteiger partial charge in [0.25, 0.3) is 0 Å². The number of hydrogen-bond acceptors (Lipinski definition) is 4. The highest BCUT2D eigenvalue weighted by atomic mass is 16.1. The molecular weight excluding hydrogens is 290 g/mol. The molecule has 1 N–H and O–H groups in total. The van der Waals surface area contributed by atoms with Gasteiger partial charge in [-0.1, -0.05) is 26.7 Å². The molecule has 1 amide bonds. The van der Waals surface area contributed by atoms with Crippen molar-refractivity contribution in [2.45, 2.75) is 78.3 Å². The summed E-state index contributed by atoms with van der Waals surface area (Å²) in [6, 6.07) is 0.292. The normalized spacial score (nSPS) is 23.0. The molecule has 1 atom stereocenters. The van der Waals surface area contributed by atoms with Crippen LogP contribution < -0.4 is 5.32 Å². The first-order chi connectivity index (χ1) is 11.0. The SMILES string of the molecule is CC(C)CCC[C@@H](C)NC(=O)C1CCC(Cn2cnnn2)CC1. The van der Waals surface area contributed by atoms with Crippen molar-refractivity contribution < 1.29 is 4.79 Å². The minimum absolute atomic E-state index is 0.188. The van der Waals surface area contributed by atoms with E-state index in [2.05, 4.69) is 41.6 Å². The van der Waals surface area contributed by atoms with Crippen LogP contribution in [0.3, 0.4) is 0 Å². The lowest BCUT2D eigenvalue weighted by atomic mass is 9.81. The van der Waals surface area contributed by atoms with Crippen LogP contribution in [0.2, 0.25) is 0 Å². The van der Waals surface area contributed by atoms with E-state index in [1.54, 1.807) is 11.0 Å². The van der Waals surface area contributed by atoms with Gasteiger partial charge in [0.1, 0.15) is 6.33 Å². The lowest BCUT2D eigenvalue weighted by molar-refractivity contribution is -0.126. The standard InChI is InChI=1S/C17H31N5O/c1-13(2)5-4-6-14(3)19-17(23)16-9-7-15(8-10-16)11-22-12-18-20-21-22/h12-16H,4-11H2,1-3H3,(H,19,23)/t14-,15?,16?/m1/s1. The molecule has 1 fully saturated rings. The third-order valence-corrected chi connectivity index (χ3v) is 4.86. The van der Waals surface area contributed by atoms with Crippen molar-refractivity contribution in [1.82, 2.24) is 25.5 Å².